The minimum Gasteiger partial charge on any atom is -0.355 e. The molecule has 162 valence electrons. The van der Waals surface area contributed by atoms with E-state index in [4.69, 9.17) is 0 Å². The first kappa shape index (κ1) is 20.6. The molecule has 2 amide bonds. The first-order valence-electron chi connectivity index (χ1n) is 10.2. The van der Waals surface area contributed by atoms with Gasteiger partial charge in [-0.15, -0.1) is 0 Å². The fourth-order valence-corrected chi connectivity index (χ4v) is 3.53. The molecule has 3 heterocycles. The van der Waals surface area contributed by atoms with Gasteiger partial charge in [-0.3, -0.25) is 19.0 Å². The number of carbonyl (C=O) groups is 2. The first-order valence-corrected chi connectivity index (χ1v) is 10.2. The molecule has 3 aromatic rings. The monoisotopic (exact) mass is 423 g/mol. The van der Waals surface area contributed by atoms with Gasteiger partial charge in [0, 0.05) is 51.9 Å². The van der Waals surface area contributed by atoms with Crippen molar-refractivity contribution in [2.75, 3.05) is 17.7 Å². The van der Waals surface area contributed by atoms with Crippen LogP contribution in [0.3, 0.4) is 0 Å². The van der Waals surface area contributed by atoms with Crippen molar-refractivity contribution < 1.29 is 9.59 Å². The molecular weight excluding hydrogens is 398 g/mol. The Hall–Kier alpha value is -3.69. The molecule has 0 aromatic carbocycles. The molecule has 1 aliphatic carbocycles. The first-order chi connectivity index (χ1) is 14.8. The lowest BCUT2D eigenvalue weighted by molar-refractivity contribution is -0.117. The zero-order valence-electron chi connectivity index (χ0n) is 17.9. The molecule has 0 bridgehead atoms. The quantitative estimate of drug-likeness (QED) is 0.554. The largest absolute Gasteiger partial charge is 0.355 e. The predicted molar refractivity (Wildman–Crippen MR) is 118 cm³/mol. The van der Waals surface area contributed by atoms with E-state index in [0.717, 1.165) is 12.8 Å². The number of nitrogens with zero attached hydrogens (tertiary/aromatic N) is 4. The van der Waals surface area contributed by atoms with E-state index < -0.39 is 0 Å². The standard InChI is InChI=1S/C21H25N7O3/c1-5-16-26-17-14(10-27(3)18(17)21(31)28(16)4)24-13-8-15(25-19(29)11-6-7-11)23-9-12(13)20(30)22-2/h8-11H,5-7H2,1-4H3,(H,22,30)(H2,23,24,25,29). The normalized spacial score (nSPS) is 13.3. The van der Waals surface area contributed by atoms with Crippen LogP contribution in [0.1, 0.15) is 35.9 Å². The van der Waals surface area contributed by atoms with Gasteiger partial charge in [0.05, 0.1) is 16.9 Å². The molecule has 31 heavy (non-hydrogen) atoms. The van der Waals surface area contributed by atoms with Crippen LogP contribution in [0.2, 0.25) is 0 Å². The molecule has 0 radical (unpaired) electrons. The van der Waals surface area contributed by atoms with E-state index in [9.17, 15) is 14.4 Å². The van der Waals surface area contributed by atoms with E-state index in [1.807, 2.05) is 6.92 Å². The third kappa shape index (κ3) is 3.76. The van der Waals surface area contributed by atoms with Crippen LogP contribution in [0, 0.1) is 5.92 Å². The van der Waals surface area contributed by atoms with Gasteiger partial charge in [0.25, 0.3) is 11.5 Å². The highest BCUT2D eigenvalue weighted by Crippen LogP contribution is 2.31. The van der Waals surface area contributed by atoms with Crippen LogP contribution in [0.15, 0.2) is 23.3 Å². The van der Waals surface area contributed by atoms with E-state index in [-0.39, 0.29) is 23.3 Å². The summed E-state index contributed by atoms with van der Waals surface area (Å²) in [5.41, 5.74) is 2.18. The van der Waals surface area contributed by atoms with Crippen LogP contribution >= 0.6 is 0 Å². The maximum atomic E-state index is 12.8. The Kier molecular flexibility index (Phi) is 5.22. The number of nitrogens with one attached hydrogen (secondary N) is 3. The fraction of sp³-hybridized carbons (Fsp3) is 0.381. The van der Waals surface area contributed by atoms with E-state index >= 15 is 0 Å². The molecule has 0 spiro atoms. The average Bonchev–Trinajstić information content (AvgIpc) is 3.55. The smallest absolute Gasteiger partial charge is 0.277 e. The Morgan fingerprint density at radius 1 is 1.23 bits per heavy atom. The Bertz CT molecular complexity index is 1250. The zero-order chi connectivity index (χ0) is 22.3. The Labute approximate surface area is 178 Å². The molecule has 1 fully saturated rings. The number of carbonyl (C=O) groups excluding carboxylic acids is 2. The summed E-state index contributed by atoms with van der Waals surface area (Å²) < 4.78 is 3.25. The van der Waals surface area contributed by atoms with Gasteiger partial charge in [0.15, 0.2) is 0 Å². The highest BCUT2D eigenvalue weighted by atomic mass is 16.2. The lowest BCUT2D eigenvalue weighted by atomic mass is 10.2. The molecule has 4 rings (SSSR count). The van der Waals surface area contributed by atoms with Crippen LogP contribution in [0.25, 0.3) is 11.0 Å². The molecule has 1 saturated carbocycles. The lowest BCUT2D eigenvalue weighted by Crippen LogP contribution is -2.23. The second-order valence-electron chi connectivity index (χ2n) is 7.68. The van der Waals surface area contributed by atoms with Crippen molar-refractivity contribution in [2.24, 2.45) is 20.0 Å². The summed E-state index contributed by atoms with van der Waals surface area (Å²) >= 11 is 0. The predicted octanol–water partition coefficient (Wildman–Crippen LogP) is 1.68. The Balaban J connectivity index is 1.79. The molecule has 0 atom stereocenters. The number of aromatic nitrogens is 4. The van der Waals surface area contributed by atoms with Crippen LogP contribution in [0.5, 0.6) is 0 Å². The molecule has 3 N–H and O–H groups in total. The number of anilines is 3. The summed E-state index contributed by atoms with van der Waals surface area (Å²) in [7, 11) is 5.01. The van der Waals surface area contributed by atoms with E-state index in [0.29, 0.717) is 46.0 Å². The zero-order valence-corrected chi connectivity index (χ0v) is 17.9. The van der Waals surface area contributed by atoms with E-state index in [1.54, 1.807) is 35.5 Å². The molecule has 3 aromatic heterocycles. The molecule has 1 aliphatic rings. The molecule has 10 heteroatoms. The summed E-state index contributed by atoms with van der Waals surface area (Å²) in [6, 6.07) is 1.62. The van der Waals surface area contributed by atoms with Gasteiger partial charge in [0.2, 0.25) is 5.91 Å². The number of pyridine rings is 1. The van der Waals surface area contributed by atoms with Crippen molar-refractivity contribution in [1.29, 1.82) is 0 Å². The van der Waals surface area contributed by atoms with Crippen molar-refractivity contribution >= 4 is 40.0 Å². The van der Waals surface area contributed by atoms with Crippen LogP contribution in [0.4, 0.5) is 17.2 Å². The molecule has 0 unspecified atom stereocenters. The maximum Gasteiger partial charge on any atom is 0.277 e. The summed E-state index contributed by atoms with van der Waals surface area (Å²) in [5.74, 6) is 0.640. The molecular formula is C21H25N7O3. The molecule has 10 nitrogen and oxygen atoms in total. The van der Waals surface area contributed by atoms with Gasteiger partial charge < -0.3 is 20.5 Å². The minimum atomic E-state index is -0.326. The van der Waals surface area contributed by atoms with Gasteiger partial charge in [-0.25, -0.2) is 9.97 Å². The lowest BCUT2D eigenvalue weighted by Gasteiger charge is -2.13. The van der Waals surface area contributed by atoms with Gasteiger partial charge in [-0.1, -0.05) is 6.92 Å². The second-order valence-corrected chi connectivity index (χ2v) is 7.68. The van der Waals surface area contributed by atoms with Crippen molar-refractivity contribution in [3.05, 3.63) is 40.2 Å². The Morgan fingerprint density at radius 3 is 2.61 bits per heavy atom. The summed E-state index contributed by atoms with van der Waals surface area (Å²) in [6.45, 7) is 1.94. The number of fused-ring (bicyclic) bond motifs is 1. The Morgan fingerprint density at radius 2 is 1.97 bits per heavy atom. The number of hydrogen-bond acceptors (Lipinski definition) is 6. The SMILES string of the molecule is CCc1nc2c(Nc3cc(NC(=O)C4CC4)ncc3C(=O)NC)cn(C)c2c(=O)n1C. The van der Waals surface area contributed by atoms with Gasteiger partial charge >= 0.3 is 0 Å². The average molecular weight is 423 g/mol. The van der Waals surface area contributed by atoms with Gasteiger partial charge in [-0.2, -0.15) is 0 Å². The van der Waals surface area contributed by atoms with Gasteiger partial charge in [0.1, 0.15) is 22.7 Å². The van der Waals surface area contributed by atoms with E-state index in [2.05, 4.69) is 25.9 Å². The topological polar surface area (TPSA) is 123 Å². The highest BCUT2D eigenvalue weighted by Gasteiger charge is 2.30. The summed E-state index contributed by atoms with van der Waals surface area (Å²) in [4.78, 5) is 46.2. The highest BCUT2D eigenvalue weighted by molar-refractivity contribution is 6.02. The maximum absolute atomic E-state index is 12.8. The van der Waals surface area contributed by atoms with Crippen LogP contribution in [-0.2, 0) is 25.3 Å². The van der Waals surface area contributed by atoms with Crippen LogP contribution in [-0.4, -0.2) is 38.0 Å². The molecule has 0 saturated heterocycles. The van der Waals surface area contributed by atoms with Crippen LogP contribution < -0.4 is 21.5 Å². The number of rotatable bonds is 6. The third-order valence-electron chi connectivity index (χ3n) is 5.45. The van der Waals surface area contributed by atoms with Crippen molar-refractivity contribution in [1.82, 2.24) is 24.4 Å². The third-order valence-corrected chi connectivity index (χ3v) is 5.45. The summed E-state index contributed by atoms with van der Waals surface area (Å²) in [6.07, 6.45) is 5.53. The number of aryl methyl sites for hydroxylation is 2. The minimum absolute atomic E-state index is 0.0303. The number of hydrogen-bond donors (Lipinski definition) is 3. The van der Waals surface area contributed by atoms with Gasteiger partial charge in [-0.05, 0) is 12.8 Å². The van der Waals surface area contributed by atoms with E-state index in [1.165, 1.54) is 13.2 Å². The summed E-state index contributed by atoms with van der Waals surface area (Å²) in [5, 5.41) is 8.61. The second kappa shape index (κ2) is 7.86. The number of amides is 2. The molecule has 0 aliphatic heterocycles. The fourth-order valence-electron chi connectivity index (χ4n) is 3.53. The van der Waals surface area contributed by atoms with Crippen molar-refractivity contribution in [3.8, 4) is 0 Å². The van der Waals surface area contributed by atoms with Crippen molar-refractivity contribution in [2.45, 2.75) is 26.2 Å². The van der Waals surface area contributed by atoms with Crippen molar-refractivity contribution in [3.63, 3.8) is 0 Å².